The van der Waals surface area contributed by atoms with Gasteiger partial charge in [-0.3, -0.25) is 0 Å². The number of furan rings is 1. The van der Waals surface area contributed by atoms with Gasteiger partial charge in [0.25, 0.3) is 11.8 Å². The van der Waals surface area contributed by atoms with E-state index in [-0.39, 0.29) is 17.5 Å². The molecule has 1 aromatic carbocycles. The average molecular weight is 228 g/mol. The van der Waals surface area contributed by atoms with Gasteiger partial charge in [0, 0.05) is 0 Å². The Kier molecular flexibility index (Phi) is 2.15. The SMILES string of the molecule is Oc1ccccc1-c1nnc(-c2ccco2)o1. The Bertz CT molecular complexity index is 629. The monoisotopic (exact) mass is 228 g/mol. The lowest BCUT2D eigenvalue weighted by molar-refractivity contribution is 0.472. The smallest absolute Gasteiger partial charge is 0.283 e. The van der Waals surface area contributed by atoms with Crippen LogP contribution in [0.15, 0.2) is 51.5 Å². The molecule has 0 aliphatic carbocycles. The summed E-state index contributed by atoms with van der Waals surface area (Å²) in [5.74, 6) is 1.14. The molecule has 2 aromatic heterocycles. The van der Waals surface area contributed by atoms with Gasteiger partial charge in [-0.1, -0.05) is 12.1 Å². The first-order chi connectivity index (χ1) is 8.34. The highest BCUT2D eigenvalue weighted by Gasteiger charge is 2.14. The Morgan fingerprint density at radius 3 is 2.53 bits per heavy atom. The maximum atomic E-state index is 9.65. The van der Waals surface area contributed by atoms with E-state index in [0.717, 1.165) is 0 Å². The summed E-state index contributed by atoms with van der Waals surface area (Å²) in [6.45, 7) is 0. The van der Waals surface area contributed by atoms with Crippen molar-refractivity contribution in [3.05, 3.63) is 42.7 Å². The summed E-state index contributed by atoms with van der Waals surface area (Å²) in [6.07, 6.45) is 1.53. The molecule has 0 fully saturated rings. The number of phenols is 1. The van der Waals surface area contributed by atoms with Crippen LogP contribution in [0, 0.1) is 0 Å². The van der Waals surface area contributed by atoms with Crippen molar-refractivity contribution in [3.63, 3.8) is 0 Å². The first kappa shape index (κ1) is 9.65. The third kappa shape index (κ3) is 1.67. The number of para-hydroxylation sites is 1. The lowest BCUT2D eigenvalue weighted by Gasteiger charge is -1.96. The highest BCUT2D eigenvalue weighted by atomic mass is 16.4. The van der Waals surface area contributed by atoms with Crippen LogP contribution in [0.2, 0.25) is 0 Å². The molecule has 5 heteroatoms. The molecule has 17 heavy (non-hydrogen) atoms. The topological polar surface area (TPSA) is 72.3 Å². The second-order valence-corrected chi connectivity index (χ2v) is 3.41. The predicted octanol–water partition coefficient (Wildman–Crippen LogP) is 2.70. The van der Waals surface area contributed by atoms with Crippen molar-refractivity contribution in [2.24, 2.45) is 0 Å². The summed E-state index contributed by atoms with van der Waals surface area (Å²) in [4.78, 5) is 0. The fourth-order valence-electron chi connectivity index (χ4n) is 1.49. The molecule has 0 atom stereocenters. The summed E-state index contributed by atoms with van der Waals surface area (Å²) in [7, 11) is 0. The Morgan fingerprint density at radius 2 is 1.76 bits per heavy atom. The summed E-state index contributed by atoms with van der Waals surface area (Å²) >= 11 is 0. The predicted molar refractivity (Wildman–Crippen MR) is 59.1 cm³/mol. The minimum atomic E-state index is 0.0992. The largest absolute Gasteiger partial charge is 0.507 e. The zero-order chi connectivity index (χ0) is 11.7. The summed E-state index contributed by atoms with van der Waals surface area (Å²) in [5, 5.41) is 17.4. The van der Waals surface area contributed by atoms with E-state index >= 15 is 0 Å². The van der Waals surface area contributed by atoms with Crippen LogP contribution in [-0.4, -0.2) is 15.3 Å². The molecule has 0 radical (unpaired) electrons. The standard InChI is InChI=1S/C12H8N2O3/c15-9-5-2-1-4-8(9)11-13-14-12(17-11)10-6-3-7-16-10/h1-7,15H. The fourth-order valence-corrected chi connectivity index (χ4v) is 1.49. The molecule has 0 bridgehead atoms. The van der Waals surface area contributed by atoms with Crippen LogP contribution in [0.25, 0.3) is 23.1 Å². The first-order valence-corrected chi connectivity index (χ1v) is 5.00. The van der Waals surface area contributed by atoms with Crippen molar-refractivity contribution in [2.45, 2.75) is 0 Å². The van der Waals surface area contributed by atoms with Gasteiger partial charge in [0.1, 0.15) is 5.75 Å². The van der Waals surface area contributed by atoms with Gasteiger partial charge in [0.15, 0.2) is 5.76 Å². The van der Waals surface area contributed by atoms with E-state index in [1.165, 1.54) is 6.26 Å². The quantitative estimate of drug-likeness (QED) is 0.730. The fraction of sp³-hybridized carbons (Fsp3) is 0. The van der Waals surface area contributed by atoms with Gasteiger partial charge in [-0.05, 0) is 24.3 Å². The molecular formula is C12H8N2O3. The van der Waals surface area contributed by atoms with Crippen molar-refractivity contribution in [1.82, 2.24) is 10.2 Å². The number of hydrogen-bond donors (Lipinski definition) is 1. The molecule has 0 aliphatic heterocycles. The second-order valence-electron chi connectivity index (χ2n) is 3.41. The Balaban J connectivity index is 2.04. The van der Waals surface area contributed by atoms with E-state index in [0.29, 0.717) is 11.3 Å². The maximum absolute atomic E-state index is 9.65. The van der Waals surface area contributed by atoms with Crippen LogP contribution in [0.1, 0.15) is 0 Å². The molecule has 2 heterocycles. The van der Waals surface area contributed by atoms with E-state index in [1.807, 2.05) is 0 Å². The van der Waals surface area contributed by atoms with E-state index < -0.39 is 0 Å². The molecule has 3 aromatic rings. The molecule has 5 nitrogen and oxygen atoms in total. The second kappa shape index (κ2) is 3.79. The Labute approximate surface area is 96.3 Å². The first-order valence-electron chi connectivity index (χ1n) is 5.00. The normalized spacial score (nSPS) is 10.6. The third-order valence-corrected chi connectivity index (χ3v) is 2.29. The third-order valence-electron chi connectivity index (χ3n) is 2.29. The molecule has 0 amide bonds. The van der Waals surface area contributed by atoms with Gasteiger partial charge in [0.05, 0.1) is 11.8 Å². The molecule has 0 saturated heterocycles. The van der Waals surface area contributed by atoms with Crippen molar-refractivity contribution in [2.75, 3.05) is 0 Å². The van der Waals surface area contributed by atoms with Crippen LogP contribution in [0.3, 0.4) is 0 Å². The van der Waals surface area contributed by atoms with Crippen LogP contribution < -0.4 is 0 Å². The van der Waals surface area contributed by atoms with Crippen molar-refractivity contribution in [3.8, 4) is 28.9 Å². The average Bonchev–Trinajstić information content (AvgIpc) is 3.00. The molecule has 0 spiro atoms. The minimum Gasteiger partial charge on any atom is -0.507 e. The number of aromatic nitrogens is 2. The van der Waals surface area contributed by atoms with Crippen LogP contribution in [0.5, 0.6) is 5.75 Å². The zero-order valence-electron chi connectivity index (χ0n) is 8.70. The highest BCUT2D eigenvalue weighted by Crippen LogP contribution is 2.29. The van der Waals surface area contributed by atoms with Gasteiger partial charge in [-0.15, -0.1) is 10.2 Å². The number of phenolic OH excluding ortho intramolecular Hbond substituents is 1. The number of aromatic hydroxyl groups is 1. The van der Waals surface area contributed by atoms with Crippen molar-refractivity contribution < 1.29 is 13.9 Å². The zero-order valence-corrected chi connectivity index (χ0v) is 8.70. The Hall–Kier alpha value is -2.56. The van der Waals surface area contributed by atoms with E-state index in [4.69, 9.17) is 8.83 Å². The number of benzene rings is 1. The molecule has 3 rings (SSSR count). The van der Waals surface area contributed by atoms with Gasteiger partial charge in [-0.25, -0.2) is 0 Å². The van der Waals surface area contributed by atoms with E-state index in [1.54, 1.807) is 36.4 Å². The minimum absolute atomic E-state index is 0.0992. The number of nitrogens with zero attached hydrogens (tertiary/aromatic N) is 2. The van der Waals surface area contributed by atoms with Gasteiger partial charge in [-0.2, -0.15) is 0 Å². The molecule has 0 unspecified atom stereocenters. The van der Waals surface area contributed by atoms with Gasteiger partial charge in [0.2, 0.25) is 0 Å². The summed E-state index contributed by atoms with van der Waals surface area (Å²) < 4.78 is 10.6. The van der Waals surface area contributed by atoms with E-state index in [2.05, 4.69) is 10.2 Å². The van der Waals surface area contributed by atoms with Gasteiger partial charge < -0.3 is 13.9 Å². The number of hydrogen-bond acceptors (Lipinski definition) is 5. The Morgan fingerprint density at radius 1 is 0.941 bits per heavy atom. The number of rotatable bonds is 2. The van der Waals surface area contributed by atoms with Crippen LogP contribution in [-0.2, 0) is 0 Å². The van der Waals surface area contributed by atoms with Gasteiger partial charge >= 0.3 is 0 Å². The molecule has 0 aliphatic rings. The lowest BCUT2D eigenvalue weighted by atomic mass is 10.2. The summed E-state index contributed by atoms with van der Waals surface area (Å²) in [5.41, 5.74) is 0.498. The summed E-state index contributed by atoms with van der Waals surface area (Å²) in [6, 6.07) is 10.2. The van der Waals surface area contributed by atoms with Crippen molar-refractivity contribution in [1.29, 1.82) is 0 Å². The molecule has 84 valence electrons. The molecule has 0 saturated carbocycles. The van der Waals surface area contributed by atoms with E-state index in [9.17, 15) is 5.11 Å². The molecular weight excluding hydrogens is 220 g/mol. The lowest BCUT2D eigenvalue weighted by Crippen LogP contribution is -1.78. The highest BCUT2D eigenvalue weighted by molar-refractivity contribution is 5.62. The molecule has 1 N–H and O–H groups in total. The van der Waals surface area contributed by atoms with Crippen molar-refractivity contribution >= 4 is 0 Å². The van der Waals surface area contributed by atoms with Crippen LogP contribution >= 0.6 is 0 Å². The van der Waals surface area contributed by atoms with Crippen LogP contribution in [0.4, 0.5) is 0 Å². The maximum Gasteiger partial charge on any atom is 0.283 e.